The van der Waals surface area contributed by atoms with E-state index < -0.39 is 0 Å². The van der Waals surface area contributed by atoms with Crippen molar-refractivity contribution < 1.29 is 9.53 Å². The number of hydrogen-bond donors (Lipinski definition) is 0. The Morgan fingerprint density at radius 1 is 1.10 bits per heavy atom. The van der Waals surface area contributed by atoms with E-state index in [1.807, 2.05) is 31.2 Å². The Morgan fingerprint density at radius 3 is 2.62 bits per heavy atom. The summed E-state index contributed by atoms with van der Waals surface area (Å²) >= 11 is 0. The fraction of sp³-hybridized carbons (Fsp3) is 0.211. The van der Waals surface area contributed by atoms with Gasteiger partial charge in [0.15, 0.2) is 0 Å². The van der Waals surface area contributed by atoms with Crippen molar-refractivity contribution in [3.05, 3.63) is 76.9 Å². The molecule has 0 N–H and O–H groups in total. The Balaban J connectivity index is 1.91. The second kappa shape index (κ2) is 5.96. The van der Waals surface area contributed by atoms with Crippen LogP contribution in [0.3, 0.4) is 0 Å². The zero-order valence-electron chi connectivity index (χ0n) is 12.1. The summed E-state index contributed by atoms with van der Waals surface area (Å²) in [6.07, 6.45) is 4.44. The highest BCUT2D eigenvalue weighted by Crippen LogP contribution is 2.31. The summed E-state index contributed by atoms with van der Waals surface area (Å²) in [5.74, 6) is -0.262. The van der Waals surface area contributed by atoms with Crippen LogP contribution >= 0.6 is 0 Å². The minimum atomic E-state index is -0.262. The number of rotatable bonds is 3. The zero-order valence-corrected chi connectivity index (χ0v) is 12.1. The van der Waals surface area contributed by atoms with Crippen LogP contribution < -0.4 is 0 Å². The van der Waals surface area contributed by atoms with Gasteiger partial charge in [-0.25, -0.2) is 4.79 Å². The molecule has 106 valence electrons. The number of carbonyl (C=O) groups excluding carboxylic acids is 1. The molecule has 2 nitrogen and oxygen atoms in total. The van der Waals surface area contributed by atoms with E-state index in [9.17, 15) is 4.79 Å². The van der Waals surface area contributed by atoms with Crippen molar-refractivity contribution in [1.29, 1.82) is 0 Å². The average Bonchev–Trinajstić information content (AvgIpc) is 2.55. The number of benzene rings is 2. The third-order valence-electron chi connectivity index (χ3n) is 3.78. The predicted molar refractivity (Wildman–Crippen MR) is 84.2 cm³/mol. The van der Waals surface area contributed by atoms with E-state index in [2.05, 4.69) is 30.3 Å². The van der Waals surface area contributed by atoms with Gasteiger partial charge in [-0.15, -0.1) is 0 Å². The fourth-order valence-corrected chi connectivity index (χ4v) is 2.76. The summed E-state index contributed by atoms with van der Waals surface area (Å²) in [4.78, 5) is 11.7. The van der Waals surface area contributed by atoms with E-state index in [-0.39, 0.29) is 5.97 Å². The van der Waals surface area contributed by atoms with Crippen LogP contribution in [0.1, 0.15) is 40.4 Å². The minimum Gasteiger partial charge on any atom is -0.462 e. The monoisotopic (exact) mass is 278 g/mol. The highest BCUT2D eigenvalue weighted by atomic mass is 16.5. The molecule has 3 rings (SSSR count). The molecule has 0 saturated heterocycles. The molecule has 0 unspecified atom stereocenters. The molecule has 0 aliphatic heterocycles. The van der Waals surface area contributed by atoms with Gasteiger partial charge < -0.3 is 4.74 Å². The first-order valence-corrected chi connectivity index (χ1v) is 7.35. The van der Waals surface area contributed by atoms with Crippen LogP contribution in [0.5, 0.6) is 0 Å². The lowest BCUT2D eigenvalue weighted by atomic mass is 9.87. The number of allylic oxidation sites excluding steroid dienone is 1. The van der Waals surface area contributed by atoms with Gasteiger partial charge in [0.2, 0.25) is 0 Å². The summed E-state index contributed by atoms with van der Waals surface area (Å²) in [7, 11) is 0. The van der Waals surface area contributed by atoms with Crippen molar-refractivity contribution in [1.82, 2.24) is 0 Å². The molecular weight excluding hydrogens is 260 g/mol. The Bertz CT molecular complexity index is 681. The van der Waals surface area contributed by atoms with Crippen LogP contribution in [0.15, 0.2) is 54.6 Å². The standard InChI is InChI=1S/C19H18O2/c1-2-21-19(20)16-12-10-15(11-13-16)18-9-5-7-14-6-3-4-8-17(14)18/h3-4,6,8-13H,2,5,7H2,1H3. The molecule has 0 atom stereocenters. The summed E-state index contributed by atoms with van der Waals surface area (Å²) in [5, 5.41) is 0. The van der Waals surface area contributed by atoms with E-state index in [1.54, 1.807) is 0 Å². The molecule has 1 aliphatic carbocycles. The average molecular weight is 278 g/mol. The molecule has 21 heavy (non-hydrogen) atoms. The highest BCUT2D eigenvalue weighted by molar-refractivity contribution is 5.90. The molecule has 0 saturated carbocycles. The molecule has 0 bridgehead atoms. The van der Waals surface area contributed by atoms with Gasteiger partial charge in [-0.3, -0.25) is 0 Å². The van der Waals surface area contributed by atoms with Gasteiger partial charge in [-0.2, -0.15) is 0 Å². The summed E-state index contributed by atoms with van der Waals surface area (Å²) in [5.41, 5.74) is 5.70. The van der Waals surface area contributed by atoms with Crippen LogP contribution in [0.25, 0.3) is 5.57 Å². The normalized spacial score (nSPS) is 13.3. The lowest BCUT2D eigenvalue weighted by Crippen LogP contribution is -2.05. The van der Waals surface area contributed by atoms with Gasteiger partial charge >= 0.3 is 5.97 Å². The van der Waals surface area contributed by atoms with E-state index in [1.165, 1.54) is 16.7 Å². The number of ether oxygens (including phenoxy) is 1. The number of hydrogen-bond acceptors (Lipinski definition) is 2. The molecule has 2 aromatic carbocycles. The lowest BCUT2D eigenvalue weighted by molar-refractivity contribution is 0.0526. The maximum Gasteiger partial charge on any atom is 0.338 e. The van der Waals surface area contributed by atoms with Gasteiger partial charge in [-0.1, -0.05) is 42.5 Å². The SMILES string of the molecule is CCOC(=O)c1ccc(C2=CCCc3ccccc32)cc1. The van der Waals surface area contributed by atoms with Crippen LogP contribution in [-0.4, -0.2) is 12.6 Å². The molecule has 0 fully saturated rings. The van der Waals surface area contributed by atoms with Crippen LogP contribution in [0.4, 0.5) is 0 Å². The Hall–Kier alpha value is -2.35. The third-order valence-corrected chi connectivity index (χ3v) is 3.78. The summed E-state index contributed by atoms with van der Waals surface area (Å²) in [6.45, 7) is 2.22. The molecule has 0 radical (unpaired) electrons. The molecule has 0 aromatic heterocycles. The first-order valence-electron chi connectivity index (χ1n) is 7.35. The van der Waals surface area contributed by atoms with Gasteiger partial charge in [0.05, 0.1) is 12.2 Å². The Morgan fingerprint density at radius 2 is 1.86 bits per heavy atom. The molecule has 0 spiro atoms. The first-order chi connectivity index (χ1) is 10.3. The largest absolute Gasteiger partial charge is 0.462 e. The smallest absolute Gasteiger partial charge is 0.338 e. The second-order valence-electron chi connectivity index (χ2n) is 5.11. The number of fused-ring (bicyclic) bond motifs is 1. The maximum absolute atomic E-state index is 11.7. The van der Waals surface area contributed by atoms with Crippen molar-refractivity contribution in [2.75, 3.05) is 6.61 Å². The van der Waals surface area contributed by atoms with E-state index >= 15 is 0 Å². The highest BCUT2D eigenvalue weighted by Gasteiger charge is 2.14. The molecule has 0 heterocycles. The van der Waals surface area contributed by atoms with Crippen molar-refractivity contribution in [3.8, 4) is 0 Å². The van der Waals surface area contributed by atoms with Crippen LogP contribution in [-0.2, 0) is 11.2 Å². The molecule has 0 amide bonds. The molecule has 2 heteroatoms. The van der Waals surface area contributed by atoms with Crippen LogP contribution in [0.2, 0.25) is 0 Å². The fourth-order valence-electron chi connectivity index (χ4n) is 2.76. The Labute approximate surface area is 125 Å². The third kappa shape index (κ3) is 2.75. The predicted octanol–water partition coefficient (Wildman–Crippen LogP) is 4.24. The van der Waals surface area contributed by atoms with E-state index in [0.29, 0.717) is 12.2 Å². The number of carbonyl (C=O) groups is 1. The van der Waals surface area contributed by atoms with Crippen molar-refractivity contribution in [2.24, 2.45) is 0 Å². The number of aryl methyl sites for hydroxylation is 1. The van der Waals surface area contributed by atoms with Crippen LogP contribution in [0, 0.1) is 0 Å². The molecule has 1 aliphatic rings. The molecular formula is C19H18O2. The number of esters is 1. The zero-order chi connectivity index (χ0) is 14.7. The Kier molecular flexibility index (Phi) is 3.87. The summed E-state index contributed by atoms with van der Waals surface area (Å²) < 4.78 is 5.02. The topological polar surface area (TPSA) is 26.3 Å². The van der Waals surface area contributed by atoms with Crippen molar-refractivity contribution >= 4 is 11.5 Å². The van der Waals surface area contributed by atoms with Gasteiger partial charge in [0.25, 0.3) is 0 Å². The molecule has 2 aromatic rings. The minimum absolute atomic E-state index is 0.262. The quantitative estimate of drug-likeness (QED) is 0.785. The first kappa shape index (κ1) is 13.6. The van der Waals surface area contributed by atoms with Gasteiger partial charge in [-0.05, 0) is 54.2 Å². The van der Waals surface area contributed by atoms with Crippen molar-refractivity contribution in [2.45, 2.75) is 19.8 Å². The summed E-state index contributed by atoms with van der Waals surface area (Å²) in [6, 6.07) is 16.2. The van der Waals surface area contributed by atoms with Gasteiger partial charge in [0.1, 0.15) is 0 Å². The second-order valence-corrected chi connectivity index (χ2v) is 5.11. The maximum atomic E-state index is 11.7. The van der Waals surface area contributed by atoms with Crippen molar-refractivity contribution in [3.63, 3.8) is 0 Å². The lowest BCUT2D eigenvalue weighted by Gasteiger charge is -2.18. The van der Waals surface area contributed by atoms with Gasteiger partial charge in [0, 0.05) is 0 Å². The van der Waals surface area contributed by atoms with E-state index in [4.69, 9.17) is 4.74 Å². The van der Waals surface area contributed by atoms with E-state index in [0.717, 1.165) is 18.4 Å².